The molecule has 1 fully saturated rings. The van der Waals surface area contributed by atoms with Gasteiger partial charge in [0.1, 0.15) is 6.04 Å². The molecule has 0 spiro atoms. The second kappa shape index (κ2) is 9.58. The number of carbonyl (C=O) groups is 2. The molecule has 3 rings (SSSR count). The molecule has 2 amide bonds. The molecule has 27 heavy (non-hydrogen) atoms. The van der Waals surface area contributed by atoms with Gasteiger partial charge in [-0.1, -0.05) is 37.5 Å². The van der Waals surface area contributed by atoms with Gasteiger partial charge in [0.05, 0.1) is 0 Å². The van der Waals surface area contributed by atoms with Crippen LogP contribution in [0.3, 0.4) is 0 Å². The summed E-state index contributed by atoms with van der Waals surface area (Å²) in [5, 5.41) is 7.03. The highest BCUT2D eigenvalue weighted by Gasteiger charge is 2.20. The van der Waals surface area contributed by atoms with Crippen LogP contribution >= 0.6 is 0 Å². The average molecular weight is 370 g/mol. The van der Waals surface area contributed by atoms with E-state index in [4.69, 9.17) is 0 Å². The van der Waals surface area contributed by atoms with E-state index in [9.17, 15) is 9.59 Å². The Hall–Kier alpha value is -2.30. The van der Waals surface area contributed by atoms with Crippen molar-refractivity contribution in [1.29, 1.82) is 0 Å². The maximum Gasteiger partial charge on any atom is 0.242 e. The molecule has 1 aromatic heterocycles. The van der Waals surface area contributed by atoms with Gasteiger partial charge in [0.25, 0.3) is 0 Å². The topological polar surface area (TPSA) is 74.0 Å². The van der Waals surface area contributed by atoms with Crippen molar-refractivity contribution >= 4 is 22.7 Å². The van der Waals surface area contributed by atoms with Crippen molar-refractivity contribution in [3.05, 3.63) is 36.0 Å². The first kappa shape index (κ1) is 19.5. The fourth-order valence-electron chi connectivity index (χ4n) is 4.00. The Balaban J connectivity index is 1.35. The lowest BCUT2D eigenvalue weighted by Crippen LogP contribution is -2.45. The van der Waals surface area contributed by atoms with E-state index < -0.39 is 6.04 Å². The summed E-state index contributed by atoms with van der Waals surface area (Å²) in [7, 11) is 0. The van der Waals surface area contributed by atoms with Gasteiger partial charge < -0.3 is 15.6 Å². The lowest BCUT2D eigenvalue weighted by atomic mass is 9.87. The summed E-state index contributed by atoms with van der Waals surface area (Å²) in [5.74, 6) is 0.388. The molecule has 1 aliphatic rings. The molecular weight excluding hydrogens is 338 g/mol. The molecule has 5 heteroatoms. The van der Waals surface area contributed by atoms with Gasteiger partial charge in [0.15, 0.2) is 0 Å². The van der Waals surface area contributed by atoms with Gasteiger partial charge in [-0.15, -0.1) is 0 Å². The third kappa shape index (κ3) is 5.59. The summed E-state index contributed by atoms with van der Waals surface area (Å²) in [5.41, 5.74) is 2.42. The number of hydrogen-bond acceptors (Lipinski definition) is 2. The highest BCUT2D eigenvalue weighted by Crippen LogP contribution is 2.26. The van der Waals surface area contributed by atoms with E-state index in [2.05, 4.69) is 27.8 Å². The fraction of sp³-hybridized carbons (Fsp3) is 0.545. The number of amides is 2. The van der Waals surface area contributed by atoms with Gasteiger partial charge in [0.2, 0.25) is 11.8 Å². The first-order valence-electron chi connectivity index (χ1n) is 10.3. The zero-order valence-corrected chi connectivity index (χ0v) is 16.2. The number of hydrogen-bond donors (Lipinski definition) is 3. The number of aromatic nitrogens is 1. The van der Waals surface area contributed by atoms with Crippen LogP contribution in [-0.4, -0.2) is 29.4 Å². The van der Waals surface area contributed by atoms with Gasteiger partial charge in [-0.2, -0.15) is 0 Å². The number of rotatable bonds is 8. The Morgan fingerprint density at radius 2 is 1.96 bits per heavy atom. The Morgan fingerprint density at radius 3 is 2.78 bits per heavy atom. The number of aromatic amines is 1. The smallest absolute Gasteiger partial charge is 0.242 e. The normalized spacial score (nSPS) is 16.2. The fourth-order valence-corrected chi connectivity index (χ4v) is 4.00. The number of nitrogens with one attached hydrogen (secondary N) is 3. The average Bonchev–Trinajstić information content (AvgIpc) is 3.09. The van der Waals surface area contributed by atoms with Crippen LogP contribution in [-0.2, 0) is 16.0 Å². The maximum absolute atomic E-state index is 12.2. The molecule has 146 valence electrons. The van der Waals surface area contributed by atoms with Gasteiger partial charge in [0, 0.05) is 30.1 Å². The summed E-state index contributed by atoms with van der Waals surface area (Å²) < 4.78 is 0. The molecule has 0 saturated heterocycles. The lowest BCUT2D eigenvalue weighted by Gasteiger charge is -2.22. The molecule has 3 N–H and O–H groups in total. The van der Waals surface area contributed by atoms with E-state index in [-0.39, 0.29) is 11.8 Å². The molecule has 0 aliphatic heterocycles. The Labute approximate surface area is 161 Å². The molecule has 1 aromatic carbocycles. The van der Waals surface area contributed by atoms with Crippen molar-refractivity contribution < 1.29 is 9.59 Å². The number of fused-ring (bicyclic) bond motifs is 1. The van der Waals surface area contributed by atoms with Crippen LogP contribution in [0.2, 0.25) is 0 Å². The molecule has 0 radical (unpaired) electrons. The molecule has 5 nitrogen and oxygen atoms in total. The Bertz CT molecular complexity index is 762. The van der Waals surface area contributed by atoms with Crippen LogP contribution < -0.4 is 10.6 Å². The highest BCUT2D eigenvalue weighted by atomic mass is 16.2. The zero-order valence-electron chi connectivity index (χ0n) is 16.2. The maximum atomic E-state index is 12.2. The minimum Gasteiger partial charge on any atom is -0.361 e. The third-order valence-corrected chi connectivity index (χ3v) is 5.57. The third-order valence-electron chi connectivity index (χ3n) is 5.57. The standard InChI is InChI=1S/C22H31N3O2/c1-16(25-21(26)14-17-8-3-2-4-9-17)22(27)23-13-7-10-18-15-24-20-12-6-5-11-19(18)20/h5-6,11-12,15-17,24H,2-4,7-10,13-14H2,1H3,(H,23,27)(H,25,26). The molecule has 1 atom stereocenters. The first-order valence-corrected chi connectivity index (χ1v) is 10.3. The van der Waals surface area contributed by atoms with Crippen LogP contribution in [0.5, 0.6) is 0 Å². The van der Waals surface area contributed by atoms with Crippen LogP contribution in [0.25, 0.3) is 10.9 Å². The molecule has 1 saturated carbocycles. The molecule has 1 aliphatic carbocycles. The number of para-hydroxylation sites is 1. The van der Waals surface area contributed by atoms with E-state index in [1.54, 1.807) is 6.92 Å². The van der Waals surface area contributed by atoms with Crippen LogP contribution in [0.1, 0.15) is 57.4 Å². The molecule has 1 heterocycles. The lowest BCUT2D eigenvalue weighted by molar-refractivity contribution is -0.129. The first-order chi connectivity index (χ1) is 13.1. The monoisotopic (exact) mass is 369 g/mol. The van der Waals surface area contributed by atoms with Crippen LogP contribution in [0.15, 0.2) is 30.5 Å². The van der Waals surface area contributed by atoms with Crippen molar-refractivity contribution in [1.82, 2.24) is 15.6 Å². The summed E-state index contributed by atoms with van der Waals surface area (Å²) in [6.45, 7) is 2.37. The van der Waals surface area contributed by atoms with Crippen molar-refractivity contribution in [2.45, 2.75) is 64.3 Å². The predicted molar refractivity (Wildman–Crippen MR) is 108 cm³/mol. The van der Waals surface area contributed by atoms with Crippen molar-refractivity contribution in [2.24, 2.45) is 5.92 Å². The van der Waals surface area contributed by atoms with Gasteiger partial charge in [-0.05, 0) is 50.2 Å². The second-order valence-corrected chi connectivity index (χ2v) is 7.75. The number of H-pyrrole nitrogens is 1. The molecule has 2 aromatic rings. The van der Waals surface area contributed by atoms with Gasteiger partial charge in [-0.25, -0.2) is 0 Å². The van der Waals surface area contributed by atoms with E-state index in [1.807, 2.05) is 18.3 Å². The zero-order chi connectivity index (χ0) is 19.1. The SMILES string of the molecule is CC(NC(=O)CC1CCCCC1)C(=O)NCCCc1c[nH]c2ccccc12. The van der Waals surface area contributed by atoms with E-state index in [0.29, 0.717) is 18.9 Å². The summed E-state index contributed by atoms with van der Waals surface area (Å²) in [4.78, 5) is 27.6. The quantitative estimate of drug-likeness (QED) is 0.621. The van der Waals surface area contributed by atoms with E-state index >= 15 is 0 Å². The van der Waals surface area contributed by atoms with Crippen molar-refractivity contribution in [3.8, 4) is 0 Å². The van der Waals surface area contributed by atoms with Crippen LogP contribution in [0, 0.1) is 5.92 Å². The number of aryl methyl sites for hydroxylation is 1. The highest BCUT2D eigenvalue weighted by molar-refractivity contribution is 5.87. The Morgan fingerprint density at radius 1 is 1.19 bits per heavy atom. The predicted octanol–water partition coefficient (Wildman–Crippen LogP) is 3.69. The van der Waals surface area contributed by atoms with Crippen LogP contribution in [0.4, 0.5) is 0 Å². The minimum absolute atomic E-state index is 0.00309. The number of benzene rings is 1. The summed E-state index contributed by atoms with van der Waals surface area (Å²) in [6, 6.07) is 7.77. The van der Waals surface area contributed by atoms with E-state index in [0.717, 1.165) is 31.2 Å². The largest absolute Gasteiger partial charge is 0.361 e. The number of carbonyl (C=O) groups excluding carboxylic acids is 2. The van der Waals surface area contributed by atoms with E-state index in [1.165, 1.54) is 30.2 Å². The minimum atomic E-state index is -0.478. The van der Waals surface area contributed by atoms with Gasteiger partial charge >= 0.3 is 0 Å². The second-order valence-electron chi connectivity index (χ2n) is 7.75. The molecule has 1 unspecified atom stereocenters. The van der Waals surface area contributed by atoms with Crippen molar-refractivity contribution in [3.63, 3.8) is 0 Å². The summed E-state index contributed by atoms with van der Waals surface area (Å²) >= 11 is 0. The van der Waals surface area contributed by atoms with Crippen molar-refractivity contribution in [2.75, 3.05) is 6.54 Å². The molecule has 0 bridgehead atoms. The Kier molecular flexibility index (Phi) is 6.91. The summed E-state index contributed by atoms with van der Waals surface area (Å²) in [6.07, 6.45) is 10.4. The van der Waals surface area contributed by atoms with Gasteiger partial charge in [-0.3, -0.25) is 9.59 Å². The molecular formula is C22H31N3O2.